The fraction of sp³-hybridized carbons (Fsp3) is 0.154. The van der Waals surface area contributed by atoms with Crippen LogP contribution in [0.5, 0.6) is 17.2 Å². The van der Waals surface area contributed by atoms with Gasteiger partial charge in [-0.3, -0.25) is 14.5 Å². The first-order chi connectivity index (χ1) is 16.5. The van der Waals surface area contributed by atoms with Gasteiger partial charge >= 0.3 is 0 Å². The molecule has 0 unspecified atom stereocenters. The lowest BCUT2D eigenvalue weighted by molar-refractivity contribution is -0.123. The summed E-state index contributed by atoms with van der Waals surface area (Å²) in [5.41, 5.74) is 0.951. The maximum atomic E-state index is 14.0. The Bertz CT molecular complexity index is 1210. The van der Waals surface area contributed by atoms with E-state index in [0.717, 1.165) is 22.4 Å². The smallest absolute Gasteiger partial charge is 0.293 e. The lowest BCUT2D eigenvalue weighted by Gasteiger charge is -2.13. The van der Waals surface area contributed by atoms with Crippen LogP contribution in [0.1, 0.15) is 11.1 Å². The van der Waals surface area contributed by atoms with Crippen LogP contribution in [0.4, 0.5) is 9.18 Å². The summed E-state index contributed by atoms with van der Waals surface area (Å²) in [7, 11) is 1.52. The van der Waals surface area contributed by atoms with Gasteiger partial charge in [-0.25, -0.2) is 4.39 Å². The van der Waals surface area contributed by atoms with Crippen LogP contribution in [0, 0.1) is 5.82 Å². The molecule has 0 atom stereocenters. The van der Waals surface area contributed by atoms with Crippen LogP contribution >= 0.6 is 11.8 Å². The number of rotatable bonds is 9. The molecule has 4 rings (SSSR count). The topological polar surface area (TPSA) is 65.1 Å². The van der Waals surface area contributed by atoms with Crippen molar-refractivity contribution < 1.29 is 28.2 Å². The standard InChI is InChI=1S/C26H22FNO5S/c1-31-23-15-18(11-12-22(23)33-14-13-32-20-8-3-2-4-9-20)16-24-25(29)28(26(30)34-24)17-19-7-5-6-10-21(19)27/h2-12,15-16H,13-14,17H2,1H3/b24-16-. The van der Waals surface area contributed by atoms with Crippen LogP contribution in [0.15, 0.2) is 77.7 Å². The lowest BCUT2D eigenvalue weighted by Crippen LogP contribution is -2.27. The molecular weight excluding hydrogens is 457 g/mol. The number of halogens is 1. The molecule has 2 amide bonds. The van der Waals surface area contributed by atoms with Crippen molar-refractivity contribution in [2.75, 3.05) is 20.3 Å². The Morgan fingerprint density at radius 2 is 1.65 bits per heavy atom. The fourth-order valence-electron chi connectivity index (χ4n) is 3.31. The van der Waals surface area contributed by atoms with Crippen LogP contribution in [0.3, 0.4) is 0 Å². The summed E-state index contributed by atoms with van der Waals surface area (Å²) >= 11 is 0.822. The molecule has 1 heterocycles. The van der Waals surface area contributed by atoms with Crippen LogP contribution < -0.4 is 14.2 Å². The van der Waals surface area contributed by atoms with E-state index in [4.69, 9.17) is 14.2 Å². The maximum Gasteiger partial charge on any atom is 0.293 e. The molecular formula is C26H22FNO5S. The predicted molar refractivity (Wildman–Crippen MR) is 128 cm³/mol. The Labute approximate surface area is 200 Å². The van der Waals surface area contributed by atoms with Gasteiger partial charge in [-0.2, -0.15) is 0 Å². The van der Waals surface area contributed by atoms with E-state index in [2.05, 4.69) is 0 Å². The molecule has 174 valence electrons. The number of imide groups is 1. The van der Waals surface area contributed by atoms with Gasteiger partial charge in [-0.05, 0) is 53.7 Å². The number of thioether (sulfide) groups is 1. The lowest BCUT2D eigenvalue weighted by atomic mass is 10.1. The zero-order valence-corrected chi connectivity index (χ0v) is 19.2. The van der Waals surface area contributed by atoms with Gasteiger partial charge in [-0.15, -0.1) is 0 Å². The van der Waals surface area contributed by atoms with Gasteiger partial charge in [0, 0.05) is 5.56 Å². The van der Waals surface area contributed by atoms with Crippen LogP contribution in [-0.2, 0) is 11.3 Å². The van der Waals surface area contributed by atoms with Crippen molar-refractivity contribution in [2.24, 2.45) is 0 Å². The molecule has 34 heavy (non-hydrogen) atoms. The normalized spacial score (nSPS) is 14.5. The number of benzene rings is 3. The highest BCUT2D eigenvalue weighted by Crippen LogP contribution is 2.35. The first kappa shape index (κ1) is 23.4. The summed E-state index contributed by atoms with van der Waals surface area (Å²) < 4.78 is 30.8. The van der Waals surface area contributed by atoms with Gasteiger partial charge in [-0.1, -0.05) is 42.5 Å². The molecule has 0 spiro atoms. The Kier molecular flexibility index (Phi) is 7.49. The van der Waals surface area contributed by atoms with E-state index < -0.39 is 17.0 Å². The summed E-state index contributed by atoms with van der Waals surface area (Å²) in [5.74, 6) is 0.857. The van der Waals surface area contributed by atoms with Crippen molar-refractivity contribution in [3.05, 3.63) is 94.6 Å². The molecule has 3 aromatic carbocycles. The molecule has 0 aromatic heterocycles. The fourth-order valence-corrected chi connectivity index (χ4v) is 4.14. The van der Waals surface area contributed by atoms with Crippen molar-refractivity contribution in [3.63, 3.8) is 0 Å². The first-order valence-corrected chi connectivity index (χ1v) is 11.3. The van der Waals surface area contributed by atoms with Crippen molar-refractivity contribution in [1.29, 1.82) is 0 Å². The second-order valence-electron chi connectivity index (χ2n) is 7.28. The predicted octanol–water partition coefficient (Wildman–Crippen LogP) is 5.53. The van der Waals surface area contributed by atoms with E-state index >= 15 is 0 Å². The second kappa shape index (κ2) is 10.9. The van der Waals surface area contributed by atoms with E-state index in [1.54, 1.807) is 42.5 Å². The minimum Gasteiger partial charge on any atom is -0.493 e. The van der Waals surface area contributed by atoms with Crippen molar-refractivity contribution in [2.45, 2.75) is 6.54 Å². The molecule has 1 saturated heterocycles. The molecule has 0 N–H and O–H groups in total. The number of amides is 2. The van der Waals surface area contributed by atoms with Crippen LogP contribution in [0.25, 0.3) is 6.08 Å². The van der Waals surface area contributed by atoms with E-state index in [9.17, 15) is 14.0 Å². The van der Waals surface area contributed by atoms with Crippen LogP contribution in [0.2, 0.25) is 0 Å². The highest BCUT2D eigenvalue weighted by Gasteiger charge is 2.35. The molecule has 1 fully saturated rings. The molecule has 3 aromatic rings. The molecule has 0 bridgehead atoms. The number of carbonyl (C=O) groups is 2. The Hall–Kier alpha value is -3.78. The Morgan fingerprint density at radius 1 is 0.912 bits per heavy atom. The van der Waals surface area contributed by atoms with E-state index in [-0.39, 0.29) is 17.0 Å². The second-order valence-corrected chi connectivity index (χ2v) is 8.27. The largest absolute Gasteiger partial charge is 0.493 e. The van der Waals surface area contributed by atoms with E-state index in [1.807, 2.05) is 30.3 Å². The number of carbonyl (C=O) groups excluding carboxylic acids is 2. The minimum atomic E-state index is -0.462. The highest BCUT2D eigenvalue weighted by molar-refractivity contribution is 8.18. The van der Waals surface area contributed by atoms with E-state index in [1.165, 1.54) is 13.2 Å². The van der Waals surface area contributed by atoms with Crippen molar-refractivity contribution in [3.8, 4) is 17.2 Å². The zero-order valence-electron chi connectivity index (χ0n) is 18.4. The average Bonchev–Trinajstić information content (AvgIpc) is 3.11. The SMILES string of the molecule is COc1cc(/C=C2\SC(=O)N(Cc3ccccc3F)C2=O)ccc1OCCOc1ccccc1. The third kappa shape index (κ3) is 5.58. The Balaban J connectivity index is 1.40. The molecule has 1 aliphatic rings. The zero-order chi connectivity index (χ0) is 23.9. The molecule has 0 saturated carbocycles. The number of ether oxygens (including phenoxy) is 3. The van der Waals surface area contributed by atoms with Crippen LogP contribution in [-0.4, -0.2) is 36.4 Å². The summed E-state index contributed by atoms with van der Waals surface area (Å²) in [4.78, 5) is 26.4. The molecule has 0 aliphatic carbocycles. The van der Waals surface area contributed by atoms with Gasteiger partial charge in [0.1, 0.15) is 24.8 Å². The van der Waals surface area contributed by atoms with Crippen molar-refractivity contribution in [1.82, 2.24) is 4.90 Å². The van der Waals surface area contributed by atoms with Gasteiger partial charge < -0.3 is 14.2 Å². The number of methoxy groups -OCH3 is 1. The molecule has 8 heteroatoms. The number of hydrogen-bond acceptors (Lipinski definition) is 6. The molecule has 0 radical (unpaired) electrons. The van der Waals surface area contributed by atoms with Gasteiger partial charge in [0.2, 0.25) is 0 Å². The van der Waals surface area contributed by atoms with Crippen molar-refractivity contribution >= 4 is 29.0 Å². The third-order valence-electron chi connectivity index (χ3n) is 5.00. The quantitative estimate of drug-likeness (QED) is 0.297. The van der Waals surface area contributed by atoms with E-state index in [0.29, 0.717) is 30.3 Å². The van der Waals surface area contributed by atoms with Gasteiger partial charge in [0.05, 0.1) is 18.6 Å². The van der Waals surface area contributed by atoms with Gasteiger partial charge in [0.25, 0.3) is 11.1 Å². The average molecular weight is 480 g/mol. The van der Waals surface area contributed by atoms with Gasteiger partial charge in [0.15, 0.2) is 11.5 Å². The molecule has 1 aliphatic heterocycles. The summed E-state index contributed by atoms with van der Waals surface area (Å²) in [6.45, 7) is 0.569. The third-order valence-corrected chi connectivity index (χ3v) is 5.91. The highest BCUT2D eigenvalue weighted by atomic mass is 32.2. The first-order valence-electron chi connectivity index (χ1n) is 10.5. The minimum absolute atomic E-state index is 0.115. The molecule has 6 nitrogen and oxygen atoms in total. The summed E-state index contributed by atoms with van der Waals surface area (Å²) in [5, 5.41) is -0.440. The summed E-state index contributed by atoms with van der Waals surface area (Å²) in [6.07, 6.45) is 1.61. The number of para-hydroxylation sites is 1. The number of nitrogens with zero attached hydrogens (tertiary/aromatic N) is 1. The Morgan fingerprint density at radius 3 is 2.41 bits per heavy atom. The number of hydrogen-bond donors (Lipinski definition) is 0. The summed E-state index contributed by atoms with van der Waals surface area (Å²) in [6, 6.07) is 20.7. The maximum absolute atomic E-state index is 14.0. The monoisotopic (exact) mass is 479 g/mol.